The van der Waals surface area contributed by atoms with Gasteiger partial charge in [-0.3, -0.25) is 0 Å². The first-order valence-corrected chi connectivity index (χ1v) is 4.66. The van der Waals surface area contributed by atoms with Crippen LogP contribution in [0.25, 0.3) is 0 Å². The molecule has 72 valence electrons. The lowest BCUT2D eigenvalue weighted by atomic mass is 10.4. The zero-order valence-electron chi connectivity index (χ0n) is 7.18. The van der Waals surface area contributed by atoms with E-state index in [0.29, 0.717) is 21.8 Å². The maximum Gasteiger partial charge on any atom is 0.261 e. The van der Waals surface area contributed by atoms with Gasteiger partial charge in [-0.05, 0) is 23.9 Å². The van der Waals surface area contributed by atoms with Crippen LogP contribution >= 0.6 is 11.8 Å². The Labute approximate surface area is 84.5 Å². The summed E-state index contributed by atoms with van der Waals surface area (Å²) in [6.07, 6.45) is 3.08. The van der Waals surface area contributed by atoms with Gasteiger partial charge in [-0.15, -0.1) is 0 Å². The second kappa shape index (κ2) is 3.59. The van der Waals surface area contributed by atoms with E-state index < -0.39 is 0 Å². The van der Waals surface area contributed by atoms with Crippen molar-refractivity contribution in [3.05, 3.63) is 24.6 Å². The zero-order valence-corrected chi connectivity index (χ0v) is 7.99. The summed E-state index contributed by atoms with van der Waals surface area (Å²) >= 11 is 1.29. The highest BCUT2D eigenvalue weighted by Gasteiger charge is 2.04. The van der Waals surface area contributed by atoms with Crippen molar-refractivity contribution in [1.29, 1.82) is 0 Å². The number of rotatable bonds is 2. The molecule has 0 amide bonds. The van der Waals surface area contributed by atoms with Gasteiger partial charge in [0, 0.05) is 0 Å². The molecule has 0 atom stereocenters. The van der Waals surface area contributed by atoms with Gasteiger partial charge in [0.1, 0.15) is 17.1 Å². The fourth-order valence-electron chi connectivity index (χ4n) is 0.874. The van der Waals surface area contributed by atoms with Crippen LogP contribution in [0.5, 0.6) is 0 Å². The molecule has 6 heteroatoms. The monoisotopic (exact) mass is 208 g/mol. The summed E-state index contributed by atoms with van der Waals surface area (Å²) in [5, 5.41) is 1.24. The van der Waals surface area contributed by atoms with E-state index in [1.165, 1.54) is 18.0 Å². The third-order valence-corrected chi connectivity index (χ3v) is 2.35. The van der Waals surface area contributed by atoms with E-state index in [1.807, 2.05) is 0 Å². The van der Waals surface area contributed by atoms with Gasteiger partial charge in [0.25, 0.3) is 5.22 Å². The maximum absolute atomic E-state index is 5.55. The molecule has 2 aromatic rings. The van der Waals surface area contributed by atoms with Crippen LogP contribution in [0.4, 0.5) is 11.5 Å². The average Bonchev–Trinajstić information content (AvgIpc) is 2.64. The molecule has 4 N–H and O–H groups in total. The molecule has 2 heterocycles. The quantitative estimate of drug-likeness (QED) is 0.774. The molecule has 2 rings (SSSR count). The summed E-state index contributed by atoms with van der Waals surface area (Å²) < 4.78 is 5.05. The van der Waals surface area contributed by atoms with Crippen molar-refractivity contribution < 1.29 is 4.42 Å². The molecule has 0 saturated carbocycles. The van der Waals surface area contributed by atoms with Crippen molar-refractivity contribution in [3.8, 4) is 0 Å². The Kier molecular flexibility index (Phi) is 2.28. The van der Waals surface area contributed by atoms with Gasteiger partial charge in [0.2, 0.25) is 0 Å². The number of anilines is 2. The highest BCUT2D eigenvalue weighted by atomic mass is 32.2. The lowest BCUT2D eigenvalue weighted by molar-refractivity contribution is 0.454. The first kappa shape index (κ1) is 8.89. The Balaban J connectivity index is 2.22. The van der Waals surface area contributed by atoms with Gasteiger partial charge in [-0.25, -0.2) is 9.97 Å². The van der Waals surface area contributed by atoms with Gasteiger partial charge < -0.3 is 15.9 Å². The van der Waals surface area contributed by atoms with Crippen LogP contribution in [-0.2, 0) is 0 Å². The Morgan fingerprint density at radius 1 is 1.29 bits per heavy atom. The van der Waals surface area contributed by atoms with Crippen molar-refractivity contribution in [2.75, 3.05) is 11.5 Å². The molecule has 0 fully saturated rings. The van der Waals surface area contributed by atoms with Crippen LogP contribution in [0.2, 0.25) is 0 Å². The van der Waals surface area contributed by atoms with Gasteiger partial charge in [0.05, 0.1) is 11.9 Å². The van der Waals surface area contributed by atoms with E-state index in [2.05, 4.69) is 9.97 Å². The normalized spacial score (nSPS) is 10.3. The van der Waals surface area contributed by atoms with E-state index in [-0.39, 0.29) is 0 Å². The van der Waals surface area contributed by atoms with Crippen LogP contribution in [-0.4, -0.2) is 9.97 Å². The molecule has 14 heavy (non-hydrogen) atoms. The van der Waals surface area contributed by atoms with Gasteiger partial charge in [-0.1, -0.05) is 0 Å². The molecule has 5 nitrogen and oxygen atoms in total. The fourth-order valence-corrected chi connectivity index (χ4v) is 1.55. The number of nitrogens with two attached hydrogens (primary N) is 2. The van der Waals surface area contributed by atoms with Crippen molar-refractivity contribution in [1.82, 2.24) is 9.97 Å². The predicted molar refractivity (Wildman–Crippen MR) is 53.7 cm³/mol. The Hall–Kier alpha value is -1.69. The van der Waals surface area contributed by atoms with Crippen LogP contribution in [0.15, 0.2) is 39.3 Å². The standard InChI is InChI=1S/C8H8N4OS/c9-5-1-2-6(12-7(5)10)14-8-11-3-4-13-8/h1-4H,9H2,(H2,10,12). The second-order valence-electron chi connectivity index (χ2n) is 2.52. The number of hydrogen-bond acceptors (Lipinski definition) is 6. The molecule has 0 aliphatic heterocycles. The summed E-state index contributed by atoms with van der Waals surface area (Å²) in [5.74, 6) is 0.321. The summed E-state index contributed by atoms with van der Waals surface area (Å²) in [7, 11) is 0. The Morgan fingerprint density at radius 2 is 2.14 bits per heavy atom. The third-order valence-electron chi connectivity index (χ3n) is 1.53. The molecule has 0 aliphatic carbocycles. The molecule has 2 aromatic heterocycles. The number of nitrogens with zero attached hydrogens (tertiary/aromatic N) is 2. The fraction of sp³-hybridized carbons (Fsp3) is 0. The SMILES string of the molecule is Nc1ccc(Sc2ncco2)nc1N. The molecule has 0 radical (unpaired) electrons. The highest BCUT2D eigenvalue weighted by Crippen LogP contribution is 2.26. The van der Waals surface area contributed by atoms with E-state index in [9.17, 15) is 0 Å². The van der Waals surface area contributed by atoms with Crippen LogP contribution < -0.4 is 11.5 Å². The van der Waals surface area contributed by atoms with Gasteiger partial charge in [0.15, 0.2) is 0 Å². The molecular formula is C8H8N4OS. The number of aromatic nitrogens is 2. The number of pyridine rings is 1. The number of hydrogen-bond donors (Lipinski definition) is 2. The molecule has 0 unspecified atom stereocenters. The smallest absolute Gasteiger partial charge is 0.261 e. The molecule has 0 saturated heterocycles. The summed E-state index contributed by atoms with van der Waals surface area (Å²) in [6, 6.07) is 3.47. The van der Waals surface area contributed by atoms with E-state index >= 15 is 0 Å². The summed E-state index contributed by atoms with van der Waals surface area (Å²) in [4.78, 5) is 8.01. The minimum Gasteiger partial charge on any atom is -0.440 e. The lowest BCUT2D eigenvalue weighted by Gasteiger charge is -2.00. The summed E-state index contributed by atoms with van der Waals surface area (Å²) in [5.41, 5.74) is 11.5. The van der Waals surface area contributed by atoms with Gasteiger partial charge in [-0.2, -0.15) is 0 Å². The van der Waals surface area contributed by atoms with Crippen LogP contribution in [0, 0.1) is 0 Å². The van der Waals surface area contributed by atoms with E-state index in [4.69, 9.17) is 15.9 Å². The lowest BCUT2D eigenvalue weighted by Crippen LogP contribution is -1.97. The highest BCUT2D eigenvalue weighted by molar-refractivity contribution is 7.99. The largest absolute Gasteiger partial charge is 0.440 e. The predicted octanol–water partition coefficient (Wildman–Crippen LogP) is 1.39. The average molecular weight is 208 g/mol. The number of oxazole rings is 1. The zero-order chi connectivity index (χ0) is 9.97. The Morgan fingerprint density at radius 3 is 2.79 bits per heavy atom. The van der Waals surface area contributed by atoms with Crippen molar-refractivity contribution in [3.63, 3.8) is 0 Å². The van der Waals surface area contributed by atoms with Gasteiger partial charge >= 0.3 is 0 Å². The van der Waals surface area contributed by atoms with Crippen LogP contribution in [0.3, 0.4) is 0 Å². The second-order valence-corrected chi connectivity index (χ2v) is 3.50. The Bertz CT molecular complexity index is 429. The molecule has 0 spiro atoms. The first-order valence-electron chi connectivity index (χ1n) is 3.85. The van der Waals surface area contributed by atoms with Crippen molar-refractivity contribution in [2.24, 2.45) is 0 Å². The first-order chi connectivity index (χ1) is 6.75. The molecular weight excluding hydrogens is 200 g/mol. The van der Waals surface area contributed by atoms with E-state index in [1.54, 1.807) is 18.3 Å². The molecule has 0 aromatic carbocycles. The van der Waals surface area contributed by atoms with E-state index in [0.717, 1.165) is 0 Å². The maximum atomic E-state index is 5.55. The minimum atomic E-state index is 0.321. The molecule has 0 bridgehead atoms. The number of nitrogen functional groups attached to an aromatic ring is 2. The summed E-state index contributed by atoms with van der Waals surface area (Å²) in [6.45, 7) is 0. The third kappa shape index (κ3) is 1.80. The van der Waals surface area contributed by atoms with Crippen LogP contribution in [0.1, 0.15) is 0 Å². The molecule has 0 aliphatic rings. The topological polar surface area (TPSA) is 91.0 Å². The minimum absolute atomic E-state index is 0.321. The van der Waals surface area contributed by atoms with Crippen molar-refractivity contribution >= 4 is 23.3 Å². The van der Waals surface area contributed by atoms with Crippen molar-refractivity contribution in [2.45, 2.75) is 10.2 Å².